The fourth-order valence-corrected chi connectivity index (χ4v) is 2.77. The van der Waals surface area contributed by atoms with E-state index in [1.165, 1.54) is 24.8 Å². The van der Waals surface area contributed by atoms with Crippen LogP contribution in [0.15, 0.2) is 18.3 Å². The first-order valence-electron chi connectivity index (χ1n) is 6.69. The second kappa shape index (κ2) is 5.50. The van der Waals surface area contributed by atoms with E-state index in [0.717, 1.165) is 12.2 Å². The van der Waals surface area contributed by atoms with Crippen LogP contribution in [0, 0.1) is 0 Å². The van der Waals surface area contributed by atoms with Gasteiger partial charge in [-0.25, -0.2) is 4.98 Å². The van der Waals surface area contributed by atoms with E-state index in [0.29, 0.717) is 18.6 Å². The summed E-state index contributed by atoms with van der Waals surface area (Å²) in [6.45, 7) is 5.25. The Labute approximate surface area is 104 Å². The van der Waals surface area contributed by atoms with Crippen molar-refractivity contribution in [1.82, 2.24) is 4.98 Å². The van der Waals surface area contributed by atoms with Gasteiger partial charge in [0.05, 0.1) is 0 Å². The Morgan fingerprint density at radius 2 is 2.24 bits per heavy atom. The molecule has 2 atom stereocenters. The van der Waals surface area contributed by atoms with Gasteiger partial charge in [0.25, 0.3) is 0 Å². The molecule has 0 saturated carbocycles. The summed E-state index contributed by atoms with van der Waals surface area (Å²) in [4.78, 5) is 7.08. The van der Waals surface area contributed by atoms with Crippen LogP contribution in [-0.2, 0) is 6.42 Å². The molecular formula is C14H23N3. The van der Waals surface area contributed by atoms with Gasteiger partial charge in [-0.05, 0) is 50.8 Å². The molecule has 0 amide bonds. The molecule has 1 saturated heterocycles. The summed E-state index contributed by atoms with van der Waals surface area (Å²) in [6.07, 6.45) is 6.67. The molecule has 94 valence electrons. The Morgan fingerprint density at radius 1 is 1.41 bits per heavy atom. The van der Waals surface area contributed by atoms with E-state index in [9.17, 15) is 0 Å². The summed E-state index contributed by atoms with van der Waals surface area (Å²) in [7, 11) is 0. The van der Waals surface area contributed by atoms with Crippen molar-refractivity contribution in [2.45, 2.75) is 51.6 Å². The first kappa shape index (κ1) is 12.4. The van der Waals surface area contributed by atoms with E-state index in [1.54, 1.807) is 0 Å². The van der Waals surface area contributed by atoms with Crippen LogP contribution in [0.3, 0.4) is 0 Å². The second-order valence-electron chi connectivity index (χ2n) is 4.96. The lowest BCUT2D eigenvalue weighted by atomic mass is 10.1. The quantitative estimate of drug-likeness (QED) is 0.868. The highest BCUT2D eigenvalue weighted by Crippen LogP contribution is 2.30. The lowest BCUT2D eigenvalue weighted by Crippen LogP contribution is -2.34. The zero-order valence-electron chi connectivity index (χ0n) is 10.9. The summed E-state index contributed by atoms with van der Waals surface area (Å²) in [5.41, 5.74) is 6.78. The summed E-state index contributed by atoms with van der Waals surface area (Å²) < 4.78 is 0. The molecule has 1 aliphatic heterocycles. The summed E-state index contributed by atoms with van der Waals surface area (Å²) >= 11 is 0. The Bertz CT molecular complexity index is 347. The van der Waals surface area contributed by atoms with E-state index in [1.807, 2.05) is 6.20 Å². The average molecular weight is 233 g/mol. The maximum Gasteiger partial charge on any atom is 0.128 e. The number of pyridine rings is 1. The van der Waals surface area contributed by atoms with Crippen LogP contribution in [0.5, 0.6) is 0 Å². The summed E-state index contributed by atoms with van der Waals surface area (Å²) in [6, 6.07) is 5.59. The molecule has 1 aliphatic rings. The standard InChI is InChI=1S/C14H23N3/c1-3-13-6-4-11(2)17(13)14-7-5-12(8-9-15)10-16-14/h5,7,10-11,13H,3-4,6,8-9,15H2,1-2H3. The molecule has 2 N–H and O–H groups in total. The van der Waals surface area contributed by atoms with Crippen molar-refractivity contribution in [3.63, 3.8) is 0 Å². The first-order chi connectivity index (χ1) is 8.26. The largest absolute Gasteiger partial charge is 0.351 e. The van der Waals surface area contributed by atoms with Crippen molar-refractivity contribution in [3.05, 3.63) is 23.9 Å². The van der Waals surface area contributed by atoms with Crippen molar-refractivity contribution >= 4 is 5.82 Å². The van der Waals surface area contributed by atoms with Gasteiger partial charge >= 0.3 is 0 Å². The third-order valence-electron chi connectivity index (χ3n) is 3.76. The van der Waals surface area contributed by atoms with Crippen molar-refractivity contribution in [3.8, 4) is 0 Å². The Kier molecular flexibility index (Phi) is 4.00. The van der Waals surface area contributed by atoms with Gasteiger partial charge in [0.1, 0.15) is 5.82 Å². The number of hydrogen-bond acceptors (Lipinski definition) is 3. The first-order valence-corrected chi connectivity index (χ1v) is 6.69. The predicted molar refractivity (Wildman–Crippen MR) is 72.2 cm³/mol. The van der Waals surface area contributed by atoms with Crippen molar-refractivity contribution in [1.29, 1.82) is 0 Å². The Hall–Kier alpha value is -1.09. The van der Waals surface area contributed by atoms with Gasteiger partial charge < -0.3 is 10.6 Å². The molecule has 0 spiro atoms. The Morgan fingerprint density at radius 3 is 2.82 bits per heavy atom. The van der Waals surface area contributed by atoms with Crippen LogP contribution in [0.25, 0.3) is 0 Å². The van der Waals surface area contributed by atoms with Crippen LogP contribution in [-0.4, -0.2) is 23.6 Å². The van der Waals surface area contributed by atoms with Gasteiger partial charge in [-0.3, -0.25) is 0 Å². The number of aromatic nitrogens is 1. The zero-order valence-corrected chi connectivity index (χ0v) is 10.9. The normalized spacial score (nSPS) is 24.3. The highest BCUT2D eigenvalue weighted by atomic mass is 15.2. The molecule has 3 heteroatoms. The molecule has 0 radical (unpaired) electrons. The molecule has 2 unspecified atom stereocenters. The van der Waals surface area contributed by atoms with E-state index < -0.39 is 0 Å². The fraction of sp³-hybridized carbons (Fsp3) is 0.643. The minimum absolute atomic E-state index is 0.618. The van der Waals surface area contributed by atoms with Gasteiger partial charge in [-0.2, -0.15) is 0 Å². The number of rotatable bonds is 4. The van der Waals surface area contributed by atoms with Crippen molar-refractivity contribution in [2.24, 2.45) is 5.73 Å². The van der Waals surface area contributed by atoms with Gasteiger partial charge in [-0.15, -0.1) is 0 Å². The molecular weight excluding hydrogens is 210 g/mol. The fourth-order valence-electron chi connectivity index (χ4n) is 2.77. The molecule has 2 heterocycles. The maximum absolute atomic E-state index is 5.55. The third kappa shape index (κ3) is 2.60. The zero-order chi connectivity index (χ0) is 12.3. The molecule has 2 rings (SSSR count). The molecule has 1 aromatic heterocycles. The monoisotopic (exact) mass is 233 g/mol. The maximum atomic E-state index is 5.55. The SMILES string of the molecule is CCC1CCC(C)N1c1ccc(CCN)cn1. The van der Waals surface area contributed by atoms with Gasteiger partial charge in [-0.1, -0.05) is 13.0 Å². The lowest BCUT2D eigenvalue weighted by molar-refractivity contribution is 0.621. The molecule has 17 heavy (non-hydrogen) atoms. The van der Waals surface area contributed by atoms with E-state index in [-0.39, 0.29) is 0 Å². The topological polar surface area (TPSA) is 42.1 Å². The van der Waals surface area contributed by atoms with Crippen LogP contribution >= 0.6 is 0 Å². The van der Waals surface area contributed by atoms with Crippen molar-refractivity contribution in [2.75, 3.05) is 11.4 Å². The van der Waals surface area contributed by atoms with Crippen LogP contribution in [0.1, 0.15) is 38.7 Å². The third-order valence-corrected chi connectivity index (χ3v) is 3.76. The van der Waals surface area contributed by atoms with E-state index in [2.05, 4.69) is 35.9 Å². The molecule has 3 nitrogen and oxygen atoms in total. The van der Waals surface area contributed by atoms with Crippen LogP contribution in [0.4, 0.5) is 5.82 Å². The molecule has 1 fully saturated rings. The minimum Gasteiger partial charge on any atom is -0.351 e. The summed E-state index contributed by atoms with van der Waals surface area (Å²) in [5, 5.41) is 0. The average Bonchev–Trinajstić information content (AvgIpc) is 2.72. The smallest absolute Gasteiger partial charge is 0.128 e. The molecule has 0 aliphatic carbocycles. The van der Waals surface area contributed by atoms with Crippen LogP contribution < -0.4 is 10.6 Å². The summed E-state index contributed by atoms with van der Waals surface area (Å²) in [5.74, 6) is 1.13. The molecule has 1 aromatic rings. The number of nitrogens with zero attached hydrogens (tertiary/aromatic N) is 2. The van der Waals surface area contributed by atoms with Gasteiger partial charge in [0, 0.05) is 18.3 Å². The Balaban J connectivity index is 2.15. The highest BCUT2D eigenvalue weighted by molar-refractivity contribution is 5.43. The lowest BCUT2D eigenvalue weighted by Gasteiger charge is -2.29. The van der Waals surface area contributed by atoms with Gasteiger partial charge in [0.15, 0.2) is 0 Å². The molecule has 0 aromatic carbocycles. The number of nitrogens with two attached hydrogens (primary N) is 1. The number of hydrogen-bond donors (Lipinski definition) is 1. The predicted octanol–water partition coefficient (Wildman–Crippen LogP) is 2.35. The second-order valence-corrected chi connectivity index (χ2v) is 4.96. The molecule has 0 bridgehead atoms. The minimum atomic E-state index is 0.618. The van der Waals surface area contributed by atoms with Crippen molar-refractivity contribution < 1.29 is 0 Å². The number of anilines is 1. The van der Waals surface area contributed by atoms with E-state index in [4.69, 9.17) is 5.73 Å². The highest BCUT2D eigenvalue weighted by Gasteiger charge is 2.29. The van der Waals surface area contributed by atoms with Gasteiger partial charge in [0.2, 0.25) is 0 Å². The van der Waals surface area contributed by atoms with Crippen LogP contribution in [0.2, 0.25) is 0 Å². The van der Waals surface area contributed by atoms with E-state index >= 15 is 0 Å².